The third kappa shape index (κ3) is 4.44. The maximum Gasteiger partial charge on any atom is 0.183 e. The van der Waals surface area contributed by atoms with Crippen molar-refractivity contribution in [1.29, 1.82) is 0 Å². The van der Waals surface area contributed by atoms with Crippen LogP contribution in [0.5, 0.6) is 0 Å². The average Bonchev–Trinajstić information content (AvgIpc) is 3.39. The van der Waals surface area contributed by atoms with Crippen LogP contribution in [-0.2, 0) is 6.54 Å². The van der Waals surface area contributed by atoms with Gasteiger partial charge in [0.25, 0.3) is 0 Å². The molecule has 4 rings (SSSR count). The summed E-state index contributed by atoms with van der Waals surface area (Å²) in [7, 11) is 0. The number of halogens is 3. The molecule has 0 unspecified atom stereocenters. The summed E-state index contributed by atoms with van der Waals surface area (Å²) in [5.41, 5.74) is 7.39. The number of rotatable bonds is 7. The molecule has 8 nitrogen and oxygen atoms in total. The van der Waals surface area contributed by atoms with E-state index in [1.807, 2.05) is 0 Å². The molecule has 0 aliphatic rings. The average molecular weight is 434 g/mol. The van der Waals surface area contributed by atoms with E-state index < -0.39 is 5.82 Å². The molecule has 30 heavy (non-hydrogen) atoms. The van der Waals surface area contributed by atoms with Crippen LogP contribution in [-0.4, -0.2) is 38.0 Å². The van der Waals surface area contributed by atoms with Crippen LogP contribution in [0.25, 0.3) is 22.9 Å². The molecule has 0 saturated carbocycles. The predicted octanol–water partition coefficient (Wildman–Crippen LogP) is 3.11. The standard InChI is InChI=1S/C19H17F2N7O.ClH/c20-13-4-2-1-3-12(13)11-28-17(15-5-8-29-27-15)9-16(26-28)19-24-10-14(21)18(25-19)23-7-6-22;/h1-5,8-10H,6-7,11,22H2,(H,23,24,25);1H. The molecular formula is C19H18ClF2N7O. The van der Waals surface area contributed by atoms with E-state index in [9.17, 15) is 8.78 Å². The molecule has 0 atom stereocenters. The van der Waals surface area contributed by atoms with Gasteiger partial charge in [0, 0.05) is 24.7 Å². The molecule has 3 N–H and O–H groups in total. The van der Waals surface area contributed by atoms with Crippen LogP contribution in [0.1, 0.15) is 5.56 Å². The molecule has 0 aliphatic heterocycles. The van der Waals surface area contributed by atoms with Crippen LogP contribution < -0.4 is 11.1 Å². The van der Waals surface area contributed by atoms with Gasteiger partial charge in [-0.15, -0.1) is 12.4 Å². The monoisotopic (exact) mass is 433 g/mol. The maximum atomic E-state index is 14.1. The van der Waals surface area contributed by atoms with Crippen molar-refractivity contribution < 1.29 is 13.3 Å². The topological polar surface area (TPSA) is 108 Å². The lowest BCUT2D eigenvalue weighted by molar-refractivity contribution is 0.421. The van der Waals surface area contributed by atoms with Gasteiger partial charge in [0.05, 0.1) is 18.4 Å². The molecule has 3 heterocycles. The molecule has 1 aromatic carbocycles. The lowest BCUT2D eigenvalue weighted by Gasteiger charge is -2.07. The first kappa shape index (κ1) is 21.3. The number of hydrogen-bond donors (Lipinski definition) is 2. The van der Waals surface area contributed by atoms with E-state index in [1.165, 1.54) is 12.3 Å². The Morgan fingerprint density at radius 2 is 1.93 bits per heavy atom. The summed E-state index contributed by atoms with van der Waals surface area (Å²) in [6, 6.07) is 9.78. The van der Waals surface area contributed by atoms with E-state index >= 15 is 0 Å². The smallest absolute Gasteiger partial charge is 0.183 e. The fourth-order valence-electron chi connectivity index (χ4n) is 2.79. The minimum absolute atomic E-state index is 0. The summed E-state index contributed by atoms with van der Waals surface area (Å²) in [5, 5.41) is 11.2. The largest absolute Gasteiger partial charge is 0.366 e. The maximum absolute atomic E-state index is 14.1. The highest BCUT2D eigenvalue weighted by Gasteiger charge is 2.18. The second-order valence-electron chi connectivity index (χ2n) is 6.15. The van der Waals surface area contributed by atoms with Crippen molar-refractivity contribution in [3.05, 3.63) is 66.1 Å². The summed E-state index contributed by atoms with van der Waals surface area (Å²) in [6.07, 6.45) is 2.49. The van der Waals surface area contributed by atoms with Crippen LogP contribution in [0.3, 0.4) is 0 Å². The Bertz CT molecular complexity index is 1120. The molecule has 11 heteroatoms. The van der Waals surface area contributed by atoms with Crippen molar-refractivity contribution in [3.8, 4) is 22.9 Å². The van der Waals surface area contributed by atoms with Crippen LogP contribution in [0.2, 0.25) is 0 Å². The Labute approximate surface area is 176 Å². The molecule has 0 radical (unpaired) electrons. The van der Waals surface area contributed by atoms with E-state index in [2.05, 4.69) is 25.5 Å². The van der Waals surface area contributed by atoms with Gasteiger partial charge in [0.2, 0.25) is 0 Å². The molecule has 4 aromatic rings. The van der Waals surface area contributed by atoms with Gasteiger partial charge in [-0.1, -0.05) is 23.4 Å². The number of aromatic nitrogens is 5. The van der Waals surface area contributed by atoms with Gasteiger partial charge in [-0.2, -0.15) is 5.10 Å². The van der Waals surface area contributed by atoms with Crippen LogP contribution in [0, 0.1) is 11.6 Å². The number of benzene rings is 1. The highest BCUT2D eigenvalue weighted by Crippen LogP contribution is 2.25. The molecular weight excluding hydrogens is 416 g/mol. The van der Waals surface area contributed by atoms with E-state index in [0.29, 0.717) is 35.7 Å². The van der Waals surface area contributed by atoms with Crippen LogP contribution >= 0.6 is 12.4 Å². The fourth-order valence-corrected chi connectivity index (χ4v) is 2.79. The SMILES string of the molecule is Cl.NCCNc1nc(-c2cc(-c3ccon3)n(Cc3ccccc3F)n2)ncc1F. The van der Waals surface area contributed by atoms with Crippen molar-refractivity contribution in [2.24, 2.45) is 5.73 Å². The summed E-state index contributed by atoms with van der Waals surface area (Å²) in [6.45, 7) is 0.847. The number of nitrogens with two attached hydrogens (primary N) is 1. The number of nitrogens with one attached hydrogen (secondary N) is 1. The molecule has 0 spiro atoms. The second kappa shape index (κ2) is 9.42. The van der Waals surface area contributed by atoms with Crippen LogP contribution in [0.15, 0.2) is 53.4 Å². The number of hydrogen-bond acceptors (Lipinski definition) is 7. The quantitative estimate of drug-likeness (QED) is 0.461. The molecule has 0 saturated heterocycles. The highest BCUT2D eigenvalue weighted by atomic mass is 35.5. The van der Waals surface area contributed by atoms with Crippen molar-refractivity contribution in [1.82, 2.24) is 24.9 Å². The van der Waals surface area contributed by atoms with Gasteiger partial charge in [-0.3, -0.25) is 4.68 Å². The first-order valence-electron chi connectivity index (χ1n) is 8.84. The Morgan fingerprint density at radius 3 is 2.67 bits per heavy atom. The lowest BCUT2D eigenvalue weighted by Crippen LogP contribution is -2.15. The van der Waals surface area contributed by atoms with Crippen molar-refractivity contribution in [2.45, 2.75) is 6.54 Å². The second-order valence-corrected chi connectivity index (χ2v) is 6.15. The van der Waals surface area contributed by atoms with Gasteiger partial charge in [0.1, 0.15) is 23.5 Å². The molecule has 0 fully saturated rings. The van der Waals surface area contributed by atoms with Gasteiger partial charge < -0.3 is 15.6 Å². The van der Waals surface area contributed by atoms with Crippen molar-refractivity contribution in [2.75, 3.05) is 18.4 Å². The molecule has 0 bridgehead atoms. The van der Waals surface area contributed by atoms with Gasteiger partial charge in [-0.05, 0) is 12.1 Å². The van der Waals surface area contributed by atoms with Crippen LogP contribution in [0.4, 0.5) is 14.6 Å². The Hall–Kier alpha value is -3.37. The van der Waals surface area contributed by atoms with E-state index in [-0.39, 0.29) is 36.4 Å². The fraction of sp³-hybridized carbons (Fsp3) is 0.158. The molecule has 3 aromatic heterocycles. The molecule has 0 aliphatic carbocycles. The Morgan fingerprint density at radius 1 is 1.10 bits per heavy atom. The summed E-state index contributed by atoms with van der Waals surface area (Å²) >= 11 is 0. The summed E-state index contributed by atoms with van der Waals surface area (Å²) in [4.78, 5) is 8.22. The molecule has 0 amide bonds. The third-order valence-electron chi connectivity index (χ3n) is 4.17. The predicted molar refractivity (Wildman–Crippen MR) is 109 cm³/mol. The Balaban J connectivity index is 0.00000256. The molecule has 156 valence electrons. The minimum Gasteiger partial charge on any atom is -0.366 e. The minimum atomic E-state index is -0.593. The first-order valence-corrected chi connectivity index (χ1v) is 8.84. The van der Waals surface area contributed by atoms with E-state index in [0.717, 1.165) is 6.20 Å². The number of nitrogens with zero attached hydrogens (tertiary/aromatic N) is 5. The van der Waals surface area contributed by atoms with Gasteiger partial charge in [-0.25, -0.2) is 18.7 Å². The number of anilines is 1. The zero-order chi connectivity index (χ0) is 20.2. The van der Waals surface area contributed by atoms with E-state index in [1.54, 1.807) is 35.0 Å². The van der Waals surface area contributed by atoms with Gasteiger partial charge in [0.15, 0.2) is 17.5 Å². The zero-order valence-electron chi connectivity index (χ0n) is 15.6. The summed E-state index contributed by atoms with van der Waals surface area (Å²) < 4.78 is 34.6. The van der Waals surface area contributed by atoms with Gasteiger partial charge >= 0.3 is 0 Å². The first-order chi connectivity index (χ1) is 14.2. The zero-order valence-corrected chi connectivity index (χ0v) is 16.4. The lowest BCUT2D eigenvalue weighted by atomic mass is 10.2. The summed E-state index contributed by atoms with van der Waals surface area (Å²) in [5.74, 6) is -0.693. The highest BCUT2D eigenvalue weighted by molar-refractivity contribution is 5.85. The van der Waals surface area contributed by atoms with Crippen molar-refractivity contribution >= 4 is 18.2 Å². The third-order valence-corrected chi connectivity index (χ3v) is 4.17. The van der Waals surface area contributed by atoms with E-state index in [4.69, 9.17) is 10.3 Å². The normalized spacial score (nSPS) is 10.6. The van der Waals surface area contributed by atoms with Crippen molar-refractivity contribution in [3.63, 3.8) is 0 Å². The Kier molecular flexibility index (Phi) is 6.70.